The number of nitrogens with one attached hydrogen (secondary N) is 1. The van der Waals surface area contributed by atoms with Crippen molar-refractivity contribution >= 4 is 23.2 Å². The molecule has 1 aromatic rings. The van der Waals surface area contributed by atoms with Gasteiger partial charge in [0.2, 0.25) is 5.91 Å². The lowest BCUT2D eigenvalue weighted by Crippen LogP contribution is -2.54. The van der Waals surface area contributed by atoms with Crippen LogP contribution in [0.5, 0.6) is 0 Å². The van der Waals surface area contributed by atoms with Crippen molar-refractivity contribution in [3.05, 3.63) is 15.6 Å². The Morgan fingerprint density at radius 1 is 1.11 bits per heavy atom. The number of aromatic nitrogens is 1. The van der Waals surface area contributed by atoms with Gasteiger partial charge in [0, 0.05) is 50.7 Å². The van der Waals surface area contributed by atoms with Crippen molar-refractivity contribution in [2.75, 3.05) is 52.4 Å². The van der Waals surface area contributed by atoms with Crippen molar-refractivity contribution < 1.29 is 4.79 Å². The van der Waals surface area contributed by atoms with Gasteiger partial charge in [0.15, 0.2) is 5.96 Å². The molecule has 2 aliphatic rings. The summed E-state index contributed by atoms with van der Waals surface area (Å²) in [5, 5.41) is 4.51. The van der Waals surface area contributed by atoms with Gasteiger partial charge in [-0.2, -0.15) is 0 Å². The average molecular weight is 393 g/mol. The largest absolute Gasteiger partial charge is 0.357 e. The zero-order chi connectivity index (χ0) is 19.2. The minimum atomic E-state index is 0.289. The Kier molecular flexibility index (Phi) is 7.07. The van der Waals surface area contributed by atoms with Crippen molar-refractivity contribution in [1.82, 2.24) is 25.0 Å². The number of hydrogen-bond acceptors (Lipinski definition) is 5. The molecule has 0 aliphatic carbocycles. The third-order valence-corrected chi connectivity index (χ3v) is 6.25. The maximum Gasteiger partial charge on any atom is 0.236 e. The summed E-state index contributed by atoms with van der Waals surface area (Å²) in [6.45, 7) is 13.8. The third kappa shape index (κ3) is 5.42. The molecule has 0 aromatic carbocycles. The number of likely N-dealkylation sites (tertiary alicyclic amines) is 1. The molecule has 0 bridgehead atoms. The highest BCUT2D eigenvalue weighted by atomic mass is 32.1. The molecule has 0 atom stereocenters. The molecule has 0 unspecified atom stereocenters. The number of guanidine groups is 1. The lowest BCUT2D eigenvalue weighted by molar-refractivity contribution is -0.131. The van der Waals surface area contributed by atoms with Crippen LogP contribution in [0.2, 0.25) is 0 Å². The number of thiazole rings is 1. The van der Waals surface area contributed by atoms with Gasteiger partial charge in [-0.15, -0.1) is 11.3 Å². The fourth-order valence-corrected chi connectivity index (χ4v) is 4.53. The summed E-state index contributed by atoms with van der Waals surface area (Å²) < 4.78 is 0. The number of rotatable bonds is 5. The van der Waals surface area contributed by atoms with Crippen LogP contribution >= 0.6 is 11.3 Å². The standard InChI is InChI=1S/C19H32N6OS/c1-4-20-19(21-13-17-15(2)22-16(3)27-17)25-11-9-23(10-12-25)14-18(26)24-7-5-6-8-24/h4-14H2,1-3H3,(H,20,21). The SMILES string of the molecule is CCNC(=NCc1sc(C)nc1C)N1CCN(CC(=O)N2CCCC2)CC1. The molecular formula is C19H32N6OS. The van der Waals surface area contributed by atoms with Crippen LogP contribution in [-0.2, 0) is 11.3 Å². The van der Waals surface area contributed by atoms with E-state index in [9.17, 15) is 4.79 Å². The number of nitrogens with zero attached hydrogens (tertiary/aromatic N) is 5. The maximum absolute atomic E-state index is 12.4. The molecule has 1 amide bonds. The molecule has 2 aliphatic heterocycles. The molecule has 7 nitrogen and oxygen atoms in total. The van der Waals surface area contributed by atoms with Crippen LogP contribution in [0.15, 0.2) is 4.99 Å². The summed E-state index contributed by atoms with van der Waals surface area (Å²) in [5.41, 5.74) is 1.09. The van der Waals surface area contributed by atoms with Gasteiger partial charge in [0.25, 0.3) is 0 Å². The average Bonchev–Trinajstić information content (AvgIpc) is 3.29. The second-order valence-electron chi connectivity index (χ2n) is 7.26. The van der Waals surface area contributed by atoms with E-state index < -0.39 is 0 Å². The Morgan fingerprint density at radius 2 is 1.81 bits per heavy atom. The summed E-state index contributed by atoms with van der Waals surface area (Å²) in [7, 11) is 0. The molecule has 0 saturated carbocycles. The summed E-state index contributed by atoms with van der Waals surface area (Å²) >= 11 is 1.73. The van der Waals surface area contributed by atoms with Gasteiger partial charge in [-0.05, 0) is 33.6 Å². The van der Waals surface area contributed by atoms with Crippen LogP contribution in [-0.4, -0.2) is 83.9 Å². The minimum absolute atomic E-state index is 0.289. The van der Waals surface area contributed by atoms with E-state index in [1.54, 1.807) is 11.3 Å². The van der Waals surface area contributed by atoms with Crippen molar-refractivity contribution in [2.45, 2.75) is 40.2 Å². The predicted molar refractivity (Wildman–Crippen MR) is 110 cm³/mol. The molecule has 27 heavy (non-hydrogen) atoms. The first-order valence-corrected chi connectivity index (χ1v) is 10.8. The van der Waals surface area contributed by atoms with Gasteiger partial charge >= 0.3 is 0 Å². The van der Waals surface area contributed by atoms with Gasteiger partial charge in [-0.1, -0.05) is 0 Å². The van der Waals surface area contributed by atoms with Gasteiger partial charge in [0.05, 0.1) is 23.8 Å². The van der Waals surface area contributed by atoms with Crippen molar-refractivity contribution in [3.63, 3.8) is 0 Å². The first kappa shape index (κ1) is 20.1. The second kappa shape index (κ2) is 9.50. The molecule has 150 valence electrons. The van der Waals surface area contributed by atoms with Crippen molar-refractivity contribution in [2.24, 2.45) is 4.99 Å². The number of aryl methyl sites for hydroxylation is 2. The van der Waals surface area contributed by atoms with E-state index in [1.165, 1.54) is 4.88 Å². The number of amides is 1. The lowest BCUT2D eigenvalue weighted by Gasteiger charge is -2.36. The Labute approximate surface area is 166 Å². The maximum atomic E-state index is 12.4. The Morgan fingerprint density at radius 3 is 2.41 bits per heavy atom. The first-order chi connectivity index (χ1) is 13.1. The quantitative estimate of drug-likeness (QED) is 0.607. The van der Waals surface area contributed by atoms with Crippen molar-refractivity contribution in [1.29, 1.82) is 0 Å². The molecule has 2 saturated heterocycles. The summed E-state index contributed by atoms with van der Waals surface area (Å²) in [5.74, 6) is 1.26. The number of piperazine rings is 1. The van der Waals surface area contributed by atoms with E-state index in [0.29, 0.717) is 13.1 Å². The fraction of sp³-hybridized carbons (Fsp3) is 0.737. The molecule has 1 N–H and O–H groups in total. The molecular weight excluding hydrogens is 360 g/mol. The molecule has 0 radical (unpaired) electrons. The van der Waals surface area contributed by atoms with E-state index in [2.05, 4.69) is 33.9 Å². The monoisotopic (exact) mass is 392 g/mol. The van der Waals surface area contributed by atoms with Gasteiger partial charge in [-0.3, -0.25) is 9.69 Å². The molecule has 3 heterocycles. The number of carbonyl (C=O) groups excluding carboxylic acids is 1. The molecule has 0 spiro atoms. The van der Waals surface area contributed by atoms with Crippen LogP contribution in [0.25, 0.3) is 0 Å². The highest BCUT2D eigenvalue weighted by Crippen LogP contribution is 2.18. The number of carbonyl (C=O) groups is 1. The number of aliphatic imine (C=N–C) groups is 1. The summed E-state index contributed by atoms with van der Waals surface area (Å²) in [6.07, 6.45) is 2.31. The molecule has 3 rings (SSSR count). The van der Waals surface area contributed by atoms with E-state index in [0.717, 1.165) is 75.3 Å². The molecule has 8 heteroatoms. The molecule has 1 aromatic heterocycles. The van der Waals surface area contributed by atoms with Crippen LogP contribution in [0.4, 0.5) is 0 Å². The normalized spacial score (nSPS) is 19.0. The Balaban J connectivity index is 1.52. The first-order valence-electron chi connectivity index (χ1n) is 10.0. The van der Waals surface area contributed by atoms with Gasteiger partial charge < -0.3 is 15.1 Å². The van der Waals surface area contributed by atoms with Crippen LogP contribution in [0, 0.1) is 13.8 Å². The summed E-state index contributed by atoms with van der Waals surface area (Å²) in [6, 6.07) is 0. The highest BCUT2D eigenvalue weighted by molar-refractivity contribution is 7.11. The van der Waals surface area contributed by atoms with E-state index in [1.807, 2.05) is 11.8 Å². The smallest absolute Gasteiger partial charge is 0.236 e. The minimum Gasteiger partial charge on any atom is -0.357 e. The zero-order valence-electron chi connectivity index (χ0n) is 16.8. The van der Waals surface area contributed by atoms with E-state index in [-0.39, 0.29) is 5.91 Å². The Bertz CT molecular complexity index is 659. The third-order valence-electron chi connectivity index (χ3n) is 5.20. The summed E-state index contributed by atoms with van der Waals surface area (Å²) in [4.78, 5) is 29.5. The van der Waals surface area contributed by atoms with Gasteiger partial charge in [0.1, 0.15) is 0 Å². The lowest BCUT2D eigenvalue weighted by atomic mass is 10.3. The fourth-order valence-electron chi connectivity index (χ4n) is 3.67. The topological polar surface area (TPSA) is 64.1 Å². The zero-order valence-corrected chi connectivity index (χ0v) is 17.6. The van der Waals surface area contributed by atoms with E-state index in [4.69, 9.17) is 4.99 Å². The Hall–Kier alpha value is -1.67. The second-order valence-corrected chi connectivity index (χ2v) is 8.55. The van der Waals surface area contributed by atoms with Crippen LogP contribution in [0.3, 0.4) is 0 Å². The molecule has 2 fully saturated rings. The van der Waals surface area contributed by atoms with Gasteiger partial charge in [-0.25, -0.2) is 9.98 Å². The van der Waals surface area contributed by atoms with E-state index >= 15 is 0 Å². The van der Waals surface area contributed by atoms with Crippen LogP contribution < -0.4 is 5.32 Å². The van der Waals surface area contributed by atoms with Crippen molar-refractivity contribution in [3.8, 4) is 0 Å². The highest BCUT2D eigenvalue weighted by Gasteiger charge is 2.24. The number of hydrogen-bond donors (Lipinski definition) is 1. The predicted octanol–water partition coefficient (Wildman–Crippen LogP) is 1.47. The van der Waals surface area contributed by atoms with Crippen LogP contribution in [0.1, 0.15) is 35.3 Å².